The molecule has 1 amide bonds. The molecule has 0 saturated heterocycles. The maximum atomic E-state index is 11.6. The van der Waals surface area contributed by atoms with Gasteiger partial charge in [0.2, 0.25) is 0 Å². The van der Waals surface area contributed by atoms with E-state index in [0.717, 1.165) is 5.06 Å². The number of carboxylic acid groups (broad SMARTS) is 1. The average Bonchev–Trinajstić information content (AvgIpc) is 2.27. The molecule has 1 rings (SSSR count). The SMILES string of the molecule is CON(C)C(=O)c1ccccc1C(=O)O. The van der Waals surface area contributed by atoms with E-state index in [-0.39, 0.29) is 11.1 Å². The molecule has 0 bridgehead atoms. The van der Waals surface area contributed by atoms with Gasteiger partial charge in [0, 0.05) is 7.05 Å². The van der Waals surface area contributed by atoms with Gasteiger partial charge in [0.1, 0.15) is 0 Å². The summed E-state index contributed by atoms with van der Waals surface area (Å²) in [4.78, 5) is 27.2. The number of nitrogens with zero attached hydrogens (tertiary/aromatic N) is 1. The third-order valence-corrected chi connectivity index (χ3v) is 1.95. The summed E-state index contributed by atoms with van der Waals surface area (Å²) in [6.07, 6.45) is 0. The van der Waals surface area contributed by atoms with Crippen LogP contribution in [0.5, 0.6) is 0 Å². The normalized spacial score (nSPS) is 9.73. The van der Waals surface area contributed by atoms with Crippen molar-refractivity contribution in [1.82, 2.24) is 5.06 Å². The van der Waals surface area contributed by atoms with Crippen LogP contribution in [-0.4, -0.2) is 36.2 Å². The van der Waals surface area contributed by atoms with Crippen LogP contribution in [-0.2, 0) is 4.84 Å². The number of amides is 1. The van der Waals surface area contributed by atoms with Crippen LogP contribution in [0.2, 0.25) is 0 Å². The number of benzene rings is 1. The summed E-state index contributed by atoms with van der Waals surface area (Å²) in [5.41, 5.74) is 0.0701. The second-order valence-electron chi connectivity index (χ2n) is 2.84. The summed E-state index contributed by atoms with van der Waals surface area (Å²) in [6, 6.07) is 5.98. The minimum atomic E-state index is -1.14. The molecule has 0 aliphatic heterocycles. The van der Waals surface area contributed by atoms with Gasteiger partial charge in [0.25, 0.3) is 5.91 Å². The summed E-state index contributed by atoms with van der Waals surface area (Å²) in [6.45, 7) is 0. The van der Waals surface area contributed by atoms with Crippen molar-refractivity contribution in [3.05, 3.63) is 35.4 Å². The Bertz CT molecular complexity index is 389. The molecule has 0 aromatic heterocycles. The summed E-state index contributed by atoms with van der Waals surface area (Å²) >= 11 is 0. The molecule has 0 saturated carbocycles. The molecule has 0 unspecified atom stereocenters. The zero-order valence-electron chi connectivity index (χ0n) is 8.43. The molecule has 1 N–H and O–H groups in total. The van der Waals surface area contributed by atoms with Crippen molar-refractivity contribution in [3.63, 3.8) is 0 Å². The maximum Gasteiger partial charge on any atom is 0.336 e. The lowest BCUT2D eigenvalue weighted by Gasteiger charge is -2.14. The quantitative estimate of drug-likeness (QED) is 0.754. The summed E-state index contributed by atoms with van der Waals surface area (Å²) in [7, 11) is 2.75. The van der Waals surface area contributed by atoms with Crippen LogP contribution in [0, 0.1) is 0 Å². The van der Waals surface area contributed by atoms with Crippen molar-refractivity contribution >= 4 is 11.9 Å². The van der Waals surface area contributed by atoms with E-state index in [1.807, 2.05) is 0 Å². The second kappa shape index (κ2) is 4.56. The highest BCUT2D eigenvalue weighted by molar-refractivity contribution is 6.04. The highest BCUT2D eigenvalue weighted by Crippen LogP contribution is 2.11. The minimum absolute atomic E-state index is 0.0357. The third-order valence-electron chi connectivity index (χ3n) is 1.95. The number of aromatic carboxylic acids is 1. The number of hydrogen-bond acceptors (Lipinski definition) is 3. The predicted octanol–water partition coefficient (Wildman–Crippen LogP) is 1.02. The van der Waals surface area contributed by atoms with Gasteiger partial charge in [-0.25, -0.2) is 9.86 Å². The first-order valence-corrected chi connectivity index (χ1v) is 4.22. The fourth-order valence-corrected chi connectivity index (χ4v) is 1.11. The van der Waals surface area contributed by atoms with Crippen LogP contribution < -0.4 is 0 Å². The monoisotopic (exact) mass is 209 g/mol. The third kappa shape index (κ3) is 2.32. The number of carbonyl (C=O) groups is 2. The molecule has 0 aliphatic rings. The van der Waals surface area contributed by atoms with Crippen LogP contribution in [0.1, 0.15) is 20.7 Å². The van der Waals surface area contributed by atoms with E-state index in [1.54, 1.807) is 12.1 Å². The molecule has 1 aromatic rings. The van der Waals surface area contributed by atoms with Gasteiger partial charge in [-0.05, 0) is 12.1 Å². The molecule has 0 radical (unpaired) electrons. The first-order chi connectivity index (χ1) is 7.07. The first kappa shape index (κ1) is 11.2. The van der Waals surface area contributed by atoms with E-state index >= 15 is 0 Å². The van der Waals surface area contributed by atoms with E-state index in [9.17, 15) is 9.59 Å². The van der Waals surface area contributed by atoms with Gasteiger partial charge >= 0.3 is 5.97 Å². The van der Waals surface area contributed by atoms with Crippen molar-refractivity contribution in [3.8, 4) is 0 Å². The summed E-state index contributed by atoms with van der Waals surface area (Å²) in [5, 5.41) is 9.83. The van der Waals surface area contributed by atoms with Gasteiger partial charge in [-0.2, -0.15) is 0 Å². The molecular weight excluding hydrogens is 198 g/mol. The Morgan fingerprint density at radius 3 is 2.27 bits per heavy atom. The smallest absolute Gasteiger partial charge is 0.336 e. The van der Waals surface area contributed by atoms with Gasteiger partial charge in [-0.15, -0.1) is 0 Å². The van der Waals surface area contributed by atoms with E-state index in [4.69, 9.17) is 9.94 Å². The Labute approximate surface area is 86.8 Å². The van der Waals surface area contributed by atoms with Crippen LogP contribution in [0.3, 0.4) is 0 Å². The molecule has 1 aromatic carbocycles. The van der Waals surface area contributed by atoms with Crippen LogP contribution in [0.15, 0.2) is 24.3 Å². The number of hydrogen-bond donors (Lipinski definition) is 1. The van der Waals surface area contributed by atoms with Crippen molar-refractivity contribution in [2.45, 2.75) is 0 Å². The van der Waals surface area contributed by atoms with E-state index in [0.29, 0.717) is 0 Å². The van der Waals surface area contributed by atoms with Crippen LogP contribution in [0.25, 0.3) is 0 Å². The highest BCUT2D eigenvalue weighted by atomic mass is 16.7. The maximum absolute atomic E-state index is 11.6. The van der Waals surface area contributed by atoms with Gasteiger partial charge in [-0.1, -0.05) is 12.1 Å². The van der Waals surface area contributed by atoms with E-state index in [1.165, 1.54) is 26.3 Å². The molecule has 0 atom stereocenters. The molecule has 0 heterocycles. The fraction of sp³-hybridized carbons (Fsp3) is 0.200. The molecule has 5 nitrogen and oxygen atoms in total. The Hall–Kier alpha value is -1.88. The van der Waals surface area contributed by atoms with Crippen LogP contribution in [0.4, 0.5) is 0 Å². The fourth-order valence-electron chi connectivity index (χ4n) is 1.11. The first-order valence-electron chi connectivity index (χ1n) is 4.22. The molecule has 80 valence electrons. The predicted molar refractivity (Wildman–Crippen MR) is 52.5 cm³/mol. The van der Waals surface area contributed by atoms with Crippen molar-refractivity contribution in [2.75, 3.05) is 14.2 Å². The Kier molecular flexibility index (Phi) is 3.41. The zero-order chi connectivity index (χ0) is 11.4. The minimum Gasteiger partial charge on any atom is -0.478 e. The van der Waals surface area contributed by atoms with Gasteiger partial charge in [-0.3, -0.25) is 9.63 Å². The van der Waals surface area contributed by atoms with Crippen molar-refractivity contribution in [2.24, 2.45) is 0 Å². The molecule has 5 heteroatoms. The van der Waals surface area contributed by atoms with E-state index in [2.05, 4.69) is 0 Å². The number of rotatable bonds is 3. The van der Waals surface area contributed by atoms with Crippen molar-refractivity contribution in [1.29, 1.82) is 0 Å². The summed E-state index contributed by atoms with van der Waals surface area (Å²) < 4.78 is 0. The average molecular weight is 209 g/mol. The lowest BCUT2D eigenvalue weighted by Crippen LogP contribution is -2.27. The number of carbonyl (C=O) groups excluding carboxylic acids is 1. The second-order valence-corrected chi connectivity index (χ2v) is 2.84. The van der Waals surface area contributed by atoms with Crippen LogP contribution >= 0.6 is 0 Å². The molecule has 0 spiro atoms. The topological polar surface area (TPSA) is 66.8 Å². The summed E-state index contributed by atoms with van der Waals surface area (Å²) in [5.74, 6) is -1.63. The Morgan fingerprint density at radius 1 is 1.27 bits per heavy atom. The Morgan fingerprint density at radius 2 is 1.80 bits per heavy atom. The molecular formula is C10H11NO4. The molecule has 0 fully saturated rings. The Balaban J connectivity index is 3.13. The standard InChI is InChI=1S/C10H11NO4/c1-11(15-2)9(12)7-5-3-4-6-8(7)10(13)14/h3-6H,1-2H3,(H,13,14). The zero-order valence-corrected chi connectivity index (χ0v) is 8.43. The highest BCUT2D eigenvalue weighted by Gasteiger charge is 2.18. The number of carboxylic acids is 1. The molecule has 15 heavy (non-hydrogen) atoms. The lowest BCUT2D eigenvalue weighted by molar-refractivity contribution is -0.0757. The van der Waals surface area contributed by atoms with Gasteiger partial charge in [0.15, 0.2) is 0 Å². The largest absolute Gasteiger partial charge is 0.478 e. The van der Waals surface area contributed by atoms with Gasteiger partial charge in [0.05, 0.1) is 18.2 Å². The van der Waals surface area contributed by atoms with E-state index < -0.39 is 11.9 Å². The number of hydroxylamine groups is 2. The van der Waals surface area contributed by atoms with Crippen molar-refractivity contribution < 1.29 is 19.5 Å². The lowest BCUT2D eigenvalue weighted by atomic mass is 10.1. The van der Waals surface area contributed by atoms with Gasteiger partial charge < -0.3 is 5.11 Å². The molecule has 0 aliphatic carbocycles.